The van der Waals surface area contributed by atoms with Crippen LogP contribution in [0.15, 0.2) is 18.2 Å². The zero-order valence-electron chi connectivity index (χ0n) is 11.2. The van der Waals surface area contributed by atoms with Gasteiger partial charge in [-0.25, -0.2) is 0 Å². The molecule has 1 unspecified atom stereocenters. The lowest BCUT2D eigenvalue weighted by Gasteiger charge is -2.15. The molecule has 1 aromatic carbocycles. The second-order valence-electron chi connectivity index (χ2n) is 4.02. The largest absolute Gasteiger partial charge is 0.495 e. The molecule has 0 aliphatic heterocycles. The van der Waals surface area contributed by atoms with Gasteiger partial charge in [0.1, 0.15) is 11.8 Å². The average molecular weight is 266 g/mol. The molecule has 0 saturated heterocycles. The zero-order valence-corrected chi connectivity index (χ0v) is 11.2. The molecule has 6 nitrogen and oxygen atoms in total. The number of hydrogen-bond acceptors (Lipinski definition) is 4. The van der Waals surface area contributed by atoms with Crippen molar-refractivity contribution in [1.82, 2.24) is 0 Å². The molecule has 104 valence electrons. The van der Waals surface area contributed by atoms with Crippen LogP contribution >= 0.6 is 0 Å². The lowest BCUT2D eigenvalue weighted by molar-refractivity contribution is -0.137. The number of benzene rings is 1. The van der Waals surface area contributed by atoms with E-state index in [1.165, 1.54) is 14.0 Å². The molecule has 0 aromatic heterocycles. The van der Waals surface area contributed by atoms with Crippen molar-refractivity contribution in [3.63, 3.8) is 0 Å². The Morgan fingerprint density at radius 3 is 2.63 bits per heavy atom. The number of ether oxygens (including phenoxy) is 1. The summed E-state index contributed by atoms with van der Waals surface area (Å²) in [5.41, 5.74) is 1.11. The third-order valence-electron chi connectivity index (χ3n) is 2.55. The van der Waals surface area contributed by atoms with E-state index in [1.54, 1.807) is 25.1 Å². The van der Waals surface area contributed by atoms with E-state index in [4.69, 9.17) is 9.84 Å². The van der Waals surface area contributed by atoms with E-state index >= 15 is 0 Å². The van der Waals surface area contributed by atoms with E-state index in [0.717, 1.165) is 0 Å². The topological polar surface area (TPSA) is 87.7 Å². The summed E-state index contributed by atoms with van der Waals surface area (Å²) in [6.45, 7) is 3.28. The zero-order chi connectivity index (χ0) is 14.4. The summed E-state index contributed by atoms with van der Waals surface area (Å²) >= 11 is 0. The highest BCUT2D eigenvalue weighted by atomic mass is 16.5. The highest BCUT2D eigenvalue weighted by Crippen LogP contribution is 2.28. The molecule has 0 fully saturated rings. The summed E-state index contributed by atoms with van der Waals surface area (Å²) in [4.78, 5) is 22.2. The van der Waals surface area contributed by atoms with Crippen LogP contribution in [0, 0.1) is 0 Å². The lowest BCUT2D eigenvalue weighted by atomic mass is 10.2. The lowest BCUT2D eigenvalue weighted by Crippen LogP contribution is -2.25. The standard InChI is InChI=1S/C13H18N2O4/c1-4-12(16)15-9-5-6-11(19-3)10(7-9)14-8(2)13(17)18/h5-8,14H,4H2,1-3H3,(H,15,16)(H,17,18). The monoisotopic (exact) mass is 266 g/mol. The van der Waals surface area contributed by atoms with Gasteiger partial charge in [-0.15, -0.1) is 0 Å². The molecule has 3 N–H and O–H groups in total. The third kappa shape index (κ3) is 4.17. The predicted molar refractivity (Wildman–Crippen MR) is 72.6 cm³/mol. The second kappa shape index (κ2) is 6.63. The van der Waals surface area contributed by atoms with Gasteiger partial charge in [-0.05, 0) is 25.1 Å². The molecule has 0 radical (unpaired) electrons. The number of aliphatic carboxylic acids is 1. The number of hydrogen-bond donors (Lipinski definition) is 3. The Morgan fingerprint density at radius 2 is 2.11 bits per heavy atom. The average Bonchev–Trinajstić information content (AvgIpc) is 2.38. The minimum atomic E-state index is -0.968. The maximum absolute atomic E-state index is 11.3. The minimum Gasteiger partial charge on any atom is -0.495 e. The third-order valence-corrected chi connectivity index (χ3v) is 2.55. The summed E-state index contributed by atoms with van der Waals surface area (Å²) in [6, 6.07) is 4.25. The van der Waals surface area contributed by atoms with Crippen LogP contribution in [0.1, 0.15) is 20.3 Å². The molecule has 1 aromatic rings. The minimum absolute atomic E-state index is 0.109. The fourth-order valence-corrected chi connectivity index (χ4v) is 1.44. The first kappa shape index (κ1) is 14.8. The van der Waals surface area contributed by atoms with Crippen LogP contribution < -0.4 is 15.4 Å². The van der Waals surface area contributed by atoms with Crippen molar-refractivity contribution >= 4 is 23.3 Å². The molecule has 1 atom stereocenters. The van der Waals surface area contributed by atoms with Crippen molar-refractivity contribution in [3.05, 3.63) is 18.2 Å². The van der Waals surface area contributed by atoms with Crippen molar-refractivity contribution in [2.75, 3.05) is 17.7 Å². The van der Waals surface area contributed by atoms with Gasteiger partial charge in [0.2, 0.25) is 5.91 Å². The first-order valence-corrected chi connectivity index (χ1v) is 5.95. The van der Waals surface area contributed by atoms with Crippen LogP contribution in [0.3, 0.4) is 0 Å². The van der Waals surface area contributed by atoms with Gasteiger partial charge in [-0.3, -0.25) is 9.59 Å². The Kier molecular flexibility index (Phi) is 5.17. The molecule has 0 heterocycles. The Morgan fingerprint density at radius 1 is 1.42 bits per heavy atom. The molecule has 19 heavy (non-hydrogen) atoms. The van der Waals surface area contributed by atoms with Crippen molar-refractivity contribution in [2.24, 2.45) is 0 Å². The second-order valence-corrected chi connectivity index (χ2v) is 4.02. The number of anilines is 2. The van der Waals surface area contributed by atoms with Crippen molar-refractivity contribution < 1.29 is 19.4 Å². The maximum Gasteiger partial charge on any atom is 0.325 e. The maximum atomic E-state index is 11.3. The summed E-state index contributed by atoms with van der Waals surface area (Å²) in [7, 11) is 1.50. The Hall–Kier alpha value is -2.24. The number of carboxylic acid groups (broad SMARTS) is 1. The summed E-state index contributed by atoms with van der Waals surface area (Å²) in [6.07, 6.45) is 0.375. The summed E-state index contributed by atoms with van der Waals surface area (Å²) in [5.74, 6) is -0.560. The number of carbonyl (C=O) groups is 2. The van der Waals surface area contributed by atoms with Crippen LogP contribution in [0.5, 0.6) is 5.75 Å². The van der Waals surface area contributed by atoms with E-state index in [0.29, 0.717) is 23.5 Å². The highest BCUT2D eigenvalue weighted by molar-refractivity contribution is 5.91. The smallest absolute Gasteiger partial charge is 0.325 e. The summed E-state index contributed by atoms with van der Waals surface area (Å²) < 4.78 is 5.14. The van der Waals surface area contributed by atoms with Gasteiger partial charge in [0.05, 0.1) is 12.8 Å². The van der Waals surface area contributed by atoms with Gasteiger partial charge in [0, 0.05) is 12.1 Å². The first-order valence-electron chi connectivity index (χ1n) is 5.95. The molecule has 0 aliphatic rings. The number of carboxylic acids is 1. The first-order chi connectivity index (χ1) is 8.97. The van der Waals surface area contributed by atoms with Gasteiger partial charge >= 0.3 is 5.97 Å². The fraction of sp³-hybridized carbons (Fsp3) is 0.385. The highest BCUT2D eigenvalue weighted by Gasteiger charge is 2.13. The number of carbonyl (C=O) groups excluding carboxylic acids is 1. The Labute approximate surface area is 111 Å². The van der Waals surface area contributed by atoms with Gasteiger partial charge in [0.25, 0.3) is 0 Å². The number of methoxy groups -OCH3 is 1. The van der Waals surface area contributed by atoms with Gasteiger partial charge in [-0.2, -0.15) is 0 Å². The molecule has 0 spiro atoms. The van der Waals surface area contributed by atoms with E-state index in [2.05, 4.69) is 10.6 Å². The van der Waals surface area contributed by atoms with Gasteiger partial charge in [-0.1, -0.05) is 6.92 Å². The summed E-state index contributed by atoms with van der Waals surface area (Å²) in [5, 5.41) is 14.4. The van der Waals surface area contributed by atoms with Crippen LogP contribution in [0.4, 0.5) is 11.4 Å². The van der Waals surface area contributed by atoms with Crippen LogP contribution in [-0.4, -0.2) is 30.1 Å². The normalized spacial score (nSPS) is 11.5. The molecule has 0 aliphatic carbocycles. The molecular weight excluding hydrogens is 248 g/mol. The fourth-order valence-electron chi connectivity index (χ4n) is 1.44. The predicted octanol–water partition coefficient (Wildman–Crippen LogP) is 1.93. The van der Waals surface area contributed by atoms with Crippen molar-refractivity contribution in [1.29, 1.82) is 0 Å². The van der Waals surface area contributed by atoms with E-state index in [1.807, 2.05) is 0 Å². The Balaban J connectivity index is 2.95. The molecular formula is C13H18N2O4. The van der Waals surface area contributed by atoms with Crippen LogP contribution in [-0.2, 0) is 9.59 Å². The van der Waals surface area contributed by atoms with E-state index in [-0.39, 0.29) is 5.91 Å². The van der Waals surface area contributed by atoms with Crippen LogP contribution in [0.25, 0.3) is 0 Å². The molecule has 6 heteroatoms. The van der Waals surface area contributed by atoms with Crippen molar-refractivity contribution in [3.8, 4) is 5.75 Å². The van der Waals surface area contributed by atoms with Gasteiger partial charge < -0.3 is 20.5 Å². The van der Waals surface area contributed by atoms with Crippen LogP contribution in [0.2, 0.25) is 0 Å². The van der Waals surface area contributed by atoms with Crippen molar-refractivity contribution in [2.45, 2.75) is 26.3 Å². The SMILES string of the molecule is CCC(=O)Nc1ccc(OC)c(NC(C)C(=O)O)c1. The number of nitrogens with one attached hydrogen (secondary N) is 2. The number of amides is 1. The van der Waals surface area contributed by atoms with Gasteiger partial charge in [0.15, 0.2) is 0 Å². The quantitative estimate of drug-likeness (QED) is 0.732. The molecule has 0 saturated carbocycles. The number of rotatable bonds is 6. The van der Waals surface area contributed by atoms with E-state index < -0.39 is 12.0 Å². The molecule has 1 rings (SSSR count). The molecule has 1 amide bonds. The Bertz CT molecular complexity index is 474. The molecule has 0 bridgehead atoms. The van der Waals surface area contributed by atoms with E-state index in [9.17, 15) is 9.59 Å².